The monoisotopic (exact) mass is 259 g/mol. The quantitative estimate of drug-likeness (QED) is 0.834. The average Bonchev–Trinajstić information content (AvgIpc) is 3.00. The Morgan fingerprint density at radius 2 is 2.00 bits per heavy atom. The fraction of sp³-hybridized carbons (Fsp3) is 0.625. The molecule has 0 amide bonds. The zero-order valence-corrected chi connectivity index (χ0v) is 11.9. The van der Waals surface area contributed by atoms with Gasteiger partial charge in [-0.2, -0.15) is 0 Å². The minimum Gasteiger partial charge on any atom is -0.496 e. The Morgan fingerprint density at radius 1 is 1.32 bits per heavy atom. The highest BCUT2D eigenvalue weighted by Crippen LogP contribution is 2.54. The number of hydrogen-bond acceptors (Lipinski definition) is 3. The van der Waals surface area contributed by atoms with Gasteiger partial charge >= 0.3 is 0 Å². The van der Waals surface area contributed by atoms with Crippen molar-refractivity contribution in [2.45, 2.75) is 39.5 Å². The SMILES string of the molecule is COc1c(C)cnc(CC(=O)C2CC3CC3C2)c1C. The van der Waals surface area contributed by atoms with Gasteiger partial charge in [-0.15, -0.1) is 0 Å². The van der Waals surface area contributed by atoms with Gasteiger partial charge < -0.3 is 4.74 Å². The summed E-state index contributed by atoms with van der Waals surface area (Å²) in [5, 5.41) is 0. The smallest absolute Gasteiger partial charge is 0.141 e. The highest BCUT2D eigenvalue weighted by molar-refractivity contribution is 5.83. The summed E-state index contributed by atoms with van der Waals surface area (Å²) < 4.78 is 5.40. The van der Waals surface area contributed by atoms with Crippen LogP contribution in [0, 0.1) is 31.6 Å². The lowest BCUT2D eigenvalue weighted by atomic mass is 9.94. The van der Waals surface area contributed by atoms with Crippen LogP contribution in [0.4, 0.5) is 0 Å². The van der Waals surface area contributed by atoms with Gasteiger partial charge in [-0.1, -0.05) is 0 Å². The molecule has 1 aromatic heterocycles. The molecule has 2 fully saturated rings. The predicted octanol–water partition coefficient (Wildman–Crippen LogP) is 2.86. The minimum atomic E-state index is 0.289. The maximum absolute atomic E-state index is 12.3. The second kappa shape index (κ2) is 4.62. The normalized spacial score (nSPS) is 28.1. The molecule has 0 aromatic carbocycles. The maximum Gasteiger partial charge on any atom is 0.141 e. The fourth-order valence-electron chi connectivity index (χ4n) is 3.54. The first-order chi connectivity index (χ1) is 9.10. The summed E-state index contributed by atoms with van der Waals surface area (Å²) >= 11 is 0. The van der Waals surface area contributed by atoms with Crippen LogP contribution in [0.1, 0.15) is 36.1 Å². The zero-order chi connectivity index (χ0) is 13.6. The molecular weight excluding hydrogens is 238 g/mol. The second-order valence-electron chi connectivity index (χ2n) is 6.11. The van der Waals surface area contributed by atoms with Gasteiger partial charge in [0.15, 0.2) is 0 Å². The van der Waals surface area contributed by atoms with Crippen molar-refractivity contribution in [2.24, 2.45) is 17.8 Å². The molecule has 19 heavy (non-hydrogen) atoms. The van der Waals surface area contributed by atoms with Crippen molar-refractivity contribution in [2.75, 3.05) is 7.11 Å². The predicted molar refractivity (Wildman–Crippen MR) is 73.3 cm³/mol. The Morgan fingerprint density at radius 3 is 2.63 bits per heavy atom. The van der Waals surface area contributed by atoms with E-state index in [4.69, 9.17) is 4.74 Å². The number of hydrogen-bond donors (Lipinski definition) is 0. The fourth-order valence-corrected chi connectivity index (χ4v) is 3.54. The molecule has 2 unspecified atom stereocenters. The summed E-state index contributed by atoms with van der Waals surface area (Å²) in [6, 6.07) is 0. The summed E-state index contributed by atoms with van der Waals surface area (Å²) in [6.45, 7) is 3.97. The Bertz CT molecular complexity index is 514. The molecule has 0 bridgehead atoms. The Hall–Kier alpha value is -1.38. The molecule has 3 heteroatoms. The third-order valence-electron chi connectivity index (χ3n) is 4.79. The number of methoxy groups -OCH3 is 1. The van der Waals surface area contributed by atoms with E-state index in [1.165, 1.54) is 6.42 Å². The molecule has 0 aliphatic heterocycles. The Labute approximate surface area is 114 Å². The number of fused-ring (bicyclic) bond motifs is 1. The van der Waals surface area contributed by atoms with Gasteiger partial charge in [0.05, 0.1) is 12.8 Å². The van der Waals surface area contributed by atoms with Crippen molar-refractivity contribution in [1.82, 2.24) is 4.98 Å². The molecular formula is C16H21NO2. The van der Waals surface area contributed by atoms with Gasteiger partial charge in [0.25, 0.3) is 0 Å². The summed E-state index contributed by atoms with van der Waals surface area (Å²) in [6.07, 6.45) is 5.86. The Balaban J connectivity index is 1.74. The number of ketones is 1. The van der Waals surface area contributed by atoms with Crippen LogP contribution < -0.4 is 4.74 Å². The standard InChI is InChI=1S/C16H21NO2/c1-9-8-17-14(10(2)16(9)19-3)7-15(18)13-5-11-4-12(11)6-13/h8,11-13H,4-7H2,1-3H3. The van der Waals surface area contributed by atoms with Gasteiger partial charge in [-0.25, -0.2) is 0 Å². The molecule has 102 valence electrons. The number of aryl methyl sites for hydroxylation is 1. The van der Waals surface area contributed by atoms with Crippen molar-refractivity contribution < 1.29 is 9.53 Å². The van der Waals surface area contributed by atoms with E-state index in [0.29, 0.717) is 12.2 Å². The summed E-state index contributed by atoms with van der Waals surface area (Å²) in [5.74, 6) is 3.24. The molecule has 0 saturated heterocycles. The number of Topliss-reactive ketones (excluding diaryl/α,β-unsaturated/α-hetero) is 1. The van der Waals surface area contributed by atoms with Crippen molar-refractivity contribution in [1.29, 1.82) is 0 Å². The van der Waals surface area contributed by atoms with Crippen LogP contribution in [0.15, 0.2) is 6.20 Å². The molecule has 3 rings (SSSR count). The molecule has 2 aliphatic rings. The molecule has 2 aliphatic carbocycles. The minimum absolute atomic E-state index is 0.289. The van der Waals surface area contributed by atoms with Gasteiger partial charge in [-0.3, -0.25) is 9.78 Å². The van der Waals surface area contributed by atoms with E-state index in [-0.39, 0.29) is 5.92 Å². The first kappa shape index (κ1) is 12.6. The highest BCUT2D eigenvalue weighted by Gasteiger charge is 2.47. The van der Waals surface area contributed by atoms with Crippen molar-refractivity contribution in [3.63, 3.8) is 0 Å². The zero-order valence-electron chi connectivity index (χ0n) is 11.9. The first-order valence-electron chi connectivity index (χ1n) is 7.12. The topological polar surface area (TPSA) is 39.2 Å². The van der Waals surface area contributed by atoms with Crippen LogP contribution in [0.5, 0.6) is 5.75 Å². The number of rotatable bonds is 4. The van der Waals surface area contributed by atoms with E-state index < -0.39 is 0 Å². The van der Waals surface area contributed by atoms with Crippen LogP contribution in [0.2, 0.25) is 0 Å². The molecule has 2 saturated carbocycles. The maximum atomic E-state index is 12.3. The van der Waals surface area contributed by atoms with E-state index in [1.54, 1.807) is 13.3 Å². The molecule has 0 spiro atoms. The van der Waals surface area contributed by atoms with Crippen LogP contribution in [-0.2, 0) is 11.2 Å². The third kappa shape index (κ3) is 2.26. The van der Waals surface area contributed by atoms with Gasteiger partial charge in [0, 0.05) is 29.7 Å². The lowest BCUT2D eigenvalue weighted by molar-refractivity contribution is -0.122. The molecule has 2 atom stereocenters. The summed E-state index contributed by atoms with van der Waals surface area (Å²) in [5.41, 5.74) is 2.92. The third-order valence-corrected chi connectivity index (χ3v) is 4.79. The van der Waals surface area contributed by atoms with Gasteiger partial charge in [0.1, 0.15) is 11.5 Å². The number of carbonyl (C=O) groups is 1. The van der Waals surface area contributed by atoms with E-state index >= 15 is 0 Å². The highest BCUT2D eigenvalue weighted by atomic mass is 16.5. The first-order valence-corrected chi connectivity index (χ1v) is 7.12. The second-order valence-corrected chi connectivity index (χ2v) is 6.11. The van der Waals surface area contributed by atoms with Gasteiger partial charge in [-0.05, 0) is 44.9 Å². The van der Waals surface area contributed by atoms with Crippen LogP contribution in [0.3, 0.4) is 0 Å². The van der Waals surface area contributed by atoms with Crippen molar-refractivity contribution in [3.05, 3.63) is 23.0 Å². The van der Waals surface area contributed by atoms with Crippen LogP contribution in [-0.4, -0.2) is 17.9 Å². The lowest BCUT2D eigenvalue weighted by Gasteiger charge is -2.14. The number of pyridine rings is 1. The summed E-state index contributed by atoms with van der Waals surface area (Å²) in [4.78, 5) is 16.8. The van der Waals surface area contributed by atoms with Gasteiger partial charge in [0.2, 0.25) is 0 Å². The van der Waals surface area contributed by atoms with Crippen LogP contribution >= 0.6 is 0 Å². The Kier molecular flexibility index (Phi) is 3.08. The number of carbonyl (C=O) groups excluding carboxylic acids is 1. The van der Waals surface area contributed by atoms with Crippen molar-refractivity contribution in [3.8, 4) is 5.75 Å². The van der Waals surface area contributed by atoms with E-state index in [0.717, 1.165) is 47.2 Å². The molecule has 3 nitrogen and oxygen atoms in total. The number of nitrogens with zero attached hydrogens (tertiary/aromatic N) is 1. The van der Waals surface area contributed by atoms with E-state index in [9.17, 15) is 4.79 Å². The number of aromatic nitrogens is 1. The molecule has 1 heterocycles. The van der Waals surface area contributed by atoms with Crippen LogP contribution in [0.25, 0.3) is 0 Å². The molecule has 1 aromatic rings. The average molecular weight is 259 g/mol. The lowest BCUT2D eigenvalue weighted by Crippen LogP contribution is -2.17. The van der Waals surface area contributed by atoms with E-state index in [1.807, 2.05) is 13.8 Å². The largest absolute Gasteiger partial charge is 0.496 e. The van der Waals surface area contributed by atoms with Crippen molar-refractivity contribution >= 4 is 5.78 Å². The molecule has 0 N–H and O–H groups in total. The van der Waals surface area contributed by atoms with E-state index in [2.05, 4.69) is 4.98 Å². The number of ether oxygens (including phenoxy) is 1. The summed E-state index contributed by atoms with van der Waals surface area (Å²) in [7, 11) is 1.67. The molecule has 0 radical (unpaired) electrons.